The molecule has 1 fully saturated rings. The van der Waals surface area contributed by atoms with Crippen molar-refractivity contribution < 1.29 is 4.42 Å². The van der Waals surface area contributed by atoms with Crippen molar-refractivity contribution >= 4 is 12.4 Å². The molecule has 1 aliphatic rings. The van der Waals surface area contributed by atoms with Crippen molar-refractivity contribution in [1.29, 1.82) is 0 Å². The molecule has 0 amide bonds. The minimum Gasteiger partial charge on any atom is -0.472 e. The third-order valence-electron chi connectivity index (χ3n) is 2.06. The number of nitrogens with two attached hydrogens (primary N) is 1. The van der Waals surface area contributed by atoms with Crippen LogP contribution in [0.5, 0.6) is 0 Å². The van der Waals surface area contributed by atoms with Gasteiger partial charge in [0.1, 0.15) is 0 Å². The van der Waals surface area contributed by atoms with E-state index in [1.807, 2.05) is 6.07 Å². The maximum absolute atomic E-state index is 5.88. The molecule has 0 bridgehead atoms. The summed E-state index contributed by atoms with van der Waals surface area (Å²) in [6.45, 7) is 0. The Hall–Kier alpha value is -0.470. The number of halogens is 1. The van der Waals surface area contributed by atoms with Gasteiger partial charge in [-0.2, -0.15) is 0 Å². The van der Waals surface area contributed by atoms with Crippen LogP contribution < -0.4 is 5.73 Å². The third kappa shape index (κ3) is 1.76. The molecular weight excluding hydrogens is 162 g/mol. The summed E-state index contributed by atoms with van der Waals surface area (Å²) in [6.07, 6.45) is 5.99. The van der Waals surface area contributed by atoms with Crippen LogP contribution >= 0.6 is 12.4 Å². The van der Waals surface area contributed by atoms with Crippen molar-refractivity contribution in [3.05, 3.63) is 24.2 Å². The van der Waals surface area contributed by atoms with Crippen molar-refractivity contribution in [2.45, 2.75) is 18.9 Å². The van der Waals surface area contributed by atoms with Gasteiger partial charge >= 0.3 is 0 Å². The van der Waals surface area contributed by atoms with Gasteiger partial charge in [-0.05, 0) is 24.8 Å². The van der Waals surface area contributed by atoms with E-state index in [0.29, 0.717) is 0 Å². The van der Waals surface area contributed by atoms with Crippen molar-refractivity contribution in [3.8, 4) is 0 Å². The molecule has 0 radical (unpaired) electrons. The maximum atomic E-state index is 5.88. The van der Waals surface area contributed by atoms with Crippen LogP contribution in [-0.2, 0) is 0 Å². The van der Waals surface area contributed by atoms with E-state index in [-0.39, 0.29) is 18.4 Å². The lowest BCUT2D eigenvalue weighted by Gasteiger charge is -2.04. The van der Waals surface area contributed by atoms with Crippen molar-refractivity contribution in [3.63, 3.8) is 0 Å². The SMILES string of the molecule is Cl.N[C@H](c1ccoc1)C1CC1. The predicted molar refractivity (Wildman–Crippen MR) is 45.6 cm³/mol. The molecule has 3 heteroatoms. The first-order chi connectivity index (χ1) is 4.88. The number of furan rings is 1. The zero-order chi connectivity index (χ0) is 6.97. The van der Waals surface area contributed by atoms with Gasteiger partial charge in [0.15, 0.2) is 0 Å². The summed E-state index contributed by atoms with van der Waals surface area (Å²) in [5.74, 6) is 0.720. The van der Waals surface area contributed by atoms with E-state index >= 15 is 0 Å². The standard InChI is InChI=1S/C8H11NO.ClH/c9-8(6-1-2-6)7-3-4-10-5-7;/h3-6,8H,1-2,9H2;1H/t8-;/m0./s1. The third-order valence-corrected chi connectivity index (χ3v) is 2.06. The van der Waals surface area contributed by atoms with Crippen LogP contribution in [-0.4, -0.2) is 0 Å². The van der Waals surface area contributed by atoms with E-state index in [4.69, 9.17) is 10.2 Å². The normalized spacial score (nSPS) is 19.0. The molecular formula is C8H12ClNO. The lowest BCUT2D eigenvalue weighted by atomic mass is 10.1. The van der Waals surface area contributed by atoms with Gasteiger partial charge in [0.25, 0.3) is 0 Å². The Balaban J connectivity index is 0.000000605. The Morgan fingerprint density at radius 2 is 2.27 bits per heavy atom. The molecule has 1 aromatic rings. The molecule has 2 nitrogen and oxygen atoms in total. The zero-order valence-corrected chi connectivity index (χ0v) is 7.01. The summed E-state index contributed by atoms with van der Waals surface area (Å²) < 4.78 is 4.93. The topological polar surface area (TPSA) is 39.2 Å². The van der Waals surface area contributed by atoms with E-state index in [1.54, 1.807) is 12.5 Å². The molecule has 0 aliphatic heterocycles. The monoisotopic (exact) mass is 173 g/mol. The second-order valence-electron chi connectivity index (χ2n) is 2.92. The van der Waals surface area contributed by atoms with Gasteiger partial charge in [-0.15, -0.1) is 12.4 Å². The van der Waals surface area contributed by atoms with Crippen molar-refractivity contribution in [2.75, 3.05) is 0 Å². The lowest BCUT2D eigenvalue weighted by molar-refractivity contribution is 0.551. The average Bonchev–Trinajstić information content (AvgIpc) is 2.65. The zero-order valence-electron chi connectivity index (χ0n) is 6.19. The van der Waals surface area contributed by atoms with Crippen LogP contribution in [0.25, 0.3) is 0 Å². The smallest absolute Gasteiger partial charge is 0.0950 e. The second kappa shape index (κ2) is 3.28. The van der Waals surface area contributed by atoms with E-state index < -0.39 is 0 Å². The molecule has 1 aliphatic carbocycles. The molecule has 1 heterocycles. The first-order valence-electron chi connectivity index (χ1n) is 3.65. The molecule has 62 valence electrons. The van der Waals surface area contributed by atoms with Gasteiger partial charge < -0.3 is 10.2 Å². The second-order valence-corrected chi connectivity index (χ2v) is 2.92. The summed E-state index contributed by atoms with van der Waals surface area (Å²) >= 11 is 0. The number of hydrogen-bond acceptors (Lipinski definition) is 2. The largest absolute Gasteiger partial charge is 0.472 e. The van der Waals surface area contributed by atoms with Gasteiger partial charge in [0.2, 0.25) is 0 Å². The molecule has 1 aromatic heterocycles. The van der Waals surface area contributed by atoms with E-state index in [2.05, 4.69) is 0 Å². The van der Waals surface area contributed by atoms with Gasteiger partial charge in [0, 0.05) is 11.6 Å². The van der Waals surface area contributed by atoms with Gasteiger partial charge in [0.05, 0.1) is 12.5 Å². The quantitative estimate of drug-likeness (QED) is 0.744. The Morgan fingerprint density at radius 1 is 1.55 bits per heavy atom. The molecule has 1 saturated carbocycles. The van der Waals surface area contributed by atoms with Crippen LogP contribution in [0.4, 0.5) is 0 Å². The Kier molecular flexibility index (Phi) is 2.58. The highest BCUT2D eigenvalue weighted by atomic mass is 35.5. The predicted octanol–water partition coefficient (Wildman–Crippen LogP) is 2.11. The van der Waals surface area contributed by atoms with Gasteiger partial charge in [-0.1, -0.05) is 0 Å². The highest BCUT2D eigenvalue weighted by molar-refractivity contribution is 5.85. The van der Waals surface area contributed by atoms with Crippen LogP contribution in [0.2, 0.25) is 0 Å². The molecule has 2 N–H and O–H groups in total. The van der Waals surface area contributed by atoms with Crippen LogP contribution in [0.3, 0.4) is 0 Å². The van der Waals surface area contributed by atoms with E-state index in [9.17, 15) is 0 Å². The fraction of sp³-hybridized carbons (Fsp3) is 0.500. The molecule has 1 atom stereocenters. The van der Waals surface area contributed by atoms with Crippen LogP contribution in [0, 0.1) is 5.92 Å². The fourth-order valence-corrected chi connectivity index (χ4v) is 1.19. The summed E-state index contributed by atoms with van der Waals surface area (Å²) in [5.41, 5.74) is 7.03. The van der Waals surface area contributed by atoms with Crippen molar-refractivity contribution in [2.24, 2.45) is 11.7 Å². The summed E-state index contributed by atoms with van der Waals surface area (Å²) in [5, 5.41) is 0. The minimum absolute atomic E-state index is 0. The molecule has 0 spiro atoms. The molecule has 0 saturated heterocycles. The summed E-state index contributed by atoms with van der Waals surface area (Å²) in [7, 11) is 0. The molecule has 0 unspecified atom stereocenters. The average molecular weight is 174 g/mol. The number of rotatable bonds is 2. The number of hydrogen-bond donors (Lipinski definition) is 1. The summed E-state index contributed by atoms with van der Waals surface area (Å²) in [6, 6.07) is 2.17. The Bertz CT molecular complexity index is 206. The lowest BCUT2D eigenvalue weighted by Crippen LogP contribution is -2.10. The summed E-state index contributed by atoms with van der Waals surface area (Å²) in [4.78, 5) is 0. The van der Waals surface area contributed by atoms with E-state index in [0.717, 1.165) is 11.5 Å². The van der Waals surface area contributed by atoms with Crippen molar-refractivity contribution in [1.82, 2.24) is 0 Å². The highest BCUT2D eigenvalue weighted by Crippen LogP contribution is 2.39. The Morgan fingerprint density at radius 3 is 2.73 bits per heavy atom. The highest BCUT2D eigenvalue weighted by Gasteiger charge is 2.29. The van der Waals surface area contributed by atoms with Crippen LogP contribution in [0.15, 0.2) is 23.0 Å². The molecule has 2 rings (SSSR count). The minimum atomic E-state index is 0. The maximum Gasteiger partial charge on any atom is 0.0950 e. The van der Waals surface area contributed by atoms with Crippen LogP contribution in [0.1, 0.15) is 24.4 Å². The Labute approximate surface area is 72.2 Å². The van der Waals surface area contributed by atoms with Gasteiger partial charge in [-0.25, -0.2) is 0 Å². The first kappa shape index (κ1) is 8.62. The van der Waals surface area contributed by atoms with E-state index in [1.165, 1.54) is 12.8 Å². The van der Waals surface area contributed by atoms with Gasteiger partial charge in [-0.3, -0.25) is 0 Å². The molecule has 0 aromatic carbocycles. The first-order valence-corrected chi connectivity index (χ1v) is 3.65. The fourth-order valence-electron chi connectivity index (χ4n) is 1.19. The molecule has 11 heavy (non-hydrogen) atoms.